The molecule has 0 amide bonds. The molecular formula is C24H18F4N6O5S3. The summed E-state index contributed by atoms with van der Waals surface area (Å²) in [6.07, 6.45) is -3.26. The Morgan fingerprint density at radius 2 is 1.69 bits per heavy atom. The van der Waals surface area contributed by atoms with E-state index in [1.807, 2.05) is 4.72 Å². The van der Waals surface area contributed by atoms with Crippen LogP contribution in [0.25, 0.3) is 21.3 Å². The van der Waals surface area contributed by atoms with Gasteiger partial charge >= 0.3 is 6.18 Å². The van der Waals surface area contributed by atoms with E-state index in [-0.39, 0.29) is 16.5 Å². The van der Waals surface area contributed by atoms with E-state index in [2.05, 4.69) is 20.2 Å². The number of thiazole rings is 1. The first-order valence-electron chi connectivity index (χ1n) is 11.7. The van der Waals surface area contributed by atoms with Crippen molar-refractivity contribution < 1.29 is 38.8 Å². The van der Waals surface area contributed by atoms with E-state index in [1.165, 1.54) is 18.3 Å². The molecule has 18 heteroatoms. The quantitative estimate of drug-likeness (QED) is 0.179. The molecule has 0 radical (unpaired) electrons. The molecule has 3 aromatic heterocycles. The van der Waals surface area contributed by atoms with Gasteiger partial charge in [0.15, 0.2) is 15.1 Å². The molecule has 5 rings (SSSR count). The van der Waals surface area contributed by atoms with E-state index in [0.717, 1.165) is 35.6 Å². The van der Waals surface area contributed by atoms with Crippen molar-refractivity contribution in [3.05, 3.63) is 94.7 Å². The molecule has 0 aliphatic rings. The maximum absolute atomic E-state index is 13.7. The summed E-state index contributed by atoms with van der Waals surface area (Å²) in [5.74, 6) is -2.08. The molecule has 0 aliphatic carbocycles. The SMILES string of the molecule is NS(=O)(=O)NCc1nnc(C(c2nc3ccc(-c4ccc(F)nc4)cc3s2)S(=O)(=O)Cc2ccc(C(F)(F)F)cc2)o1. The fraction of sp³-hybridized carbons (Fsp3) is 0.167. The van der Waals surface area contributed by atoms with E-state index in [0.29, 0.717) is 21.3 Å². The Kier molecular flexibility index (Phi) is 7.84. The van der Waals surface area contributed by atoms with Gasteiger partial charge in [-0.25, -0.2) is 23.5 Å². The van der Waals surface area contributed by atoms with Crippen LogP contribution in [0.4, 0.5) is 17.6 Å². The Bertz CT molecular complexity index is 1960. The number of nitrogens with two attached hydrogens (primary N) is 1. The van der Waals surface area contributed by atoms with Crippen LogP contribution in [0, 0.1) is 5.95 Å². The van der Waals surface area contributed by atoms with Crippen molar-refractivity contribution in [1.29, 1.82) is 0 Å². The van der Waals surface area contributed by atoms with Crippen molar-refractivity contribution in [2.75, 3.05) is 0 Å². The van der Waals surface area contributed by atoms with Crippen LogP contribution in [0.2, 0.25) is 0 Å². The third-order valence-electron chi connectivity index (χ3n) is 5.83. The lowest BCUT2D eigenvalue weighted by molar-refractivity contribution is -0.137. The second kappa shape index (κ2) is 11.1. The highest BCUT2D eigenvalue weighted by atomic mass is 32.2. The van der Waals surface area contributed by atoms with E-state index in [4.69, 9.17) is 9.56 Å². The fourth-order valence-corrected chi connectivity index (χ4v) is 7.38. The van der Waals surface area contributed by atoms with Crippen molar-refractivity contribution in [3.63, 3.8) is 0 Å². The second-order valence-corrected chi connectivity index (χ2v) is 13.4. The molecule has 0 spiro atoms. The van der Waals surface area contributed by atoms with Crippen LogP contribution in [-0.2, 0) is 38.5 Å². The number of hydrogen-bond acceptors (Lipinski definition) is 10. The molecule has 3 heterocycles. The van der Waals surface area contributed by atoms with E-state index in [1.54, 1.807) is 18.2 Å². The zero-order chi connectivity index (χ0) is 30.3. The molecule has 42 heavy (non-hydrogen) atoms. The van der Waals surface area contributed by atoms with Gasteiger partial charge < -0.3 is 4.42 Å². The minimum Gasteiger partial charge on any atom is -0.422 e. The number of aromatic nitrogens is 4. The number of benzene rings is 2. The monoisotopic (exact) mass is 642 g/mol. The van der Waals surface area contributed by atoms with Gasteiger partial charge in [-0.3, -0.25) is 0 Å². The number of halogens is 4. The van der Waals surface area contributed by atoms with Crippen LogP contribution >= 0.6 is 11.3 Å². The zero-order valence-electron chi connectivity index (χ0n) is 20.9. The van der Waals surface area contributed by atoms with Crippen LogP contribution in [0.5, 0.6) is 0 Å². The van der Waals surface area contributed by atoms with Gasteiger partial charge in [0.2, 0.25) is 17.7 Å². The summed E-state index contributed by atoms with van der Waals surface area (Å²) in [5, 5.41) is 10.8. The van der Waals surface area contributed by atoms with Gasteiger partial charge in [0.1, 0.15) is 5.01 Å². The number of nitrogens with one attached hydrogen (secondary N) is 1. The molecule has 5 aromatic rings. The lowest BCUT2D eigenvalue weighted by atomic mass is 10.1. The summed E-state index contributed by atoms with van der Waals surface area (Å²) in [6.45, 7) is -0.521. The number of nitrogens with zero attached hydrogens (tertiary/aromatic N) is 4. The van der Waals surface area contributed by atoms with Gasteiger partial charge in [0.05, 0.1) is 28.1 Å². The highest BCUT2D eigenvalue weighted by molar-refractivity contribution is 7.91. The zero-order valence-corrected chi connectivity index (χ0v) is 23.4. The topological polar surface area (TPSA) is 171 Å². The van der Waals surface area contributed by atoms with Crippen LogP contribution in [0.15, 0.2) is 65.2 Å². The average Bonchev–Trinajstić information content (AvgIpc) is 3.53. The van der Waals surface area contributed by atoms with Gasteiger partial charge in [-0.1, -0.05) is 18.2 Å². The predicted octanol–water partition coefficient (Wildman–Crippen LogP) is 3.90. The standard InChI is InChI=1S/C24H18F4N6O5S3/c25-19-8-4-15(10-30-19)14-3-7-17-18(9-14)40-23(32-17)21(22-34-33-20(39-22)11-31-42(29,37)38)41(35,36)12-13-1-5-16(6-2-13)24(26,27)28/h1-10,21,31H,11-12H2,(H2,29,37,38). The first-order valence-corrected chi connectivity index (χ1v) is 15.8. The molecule has 1 unspecified atom stereocenters. The number of sulfone groups is 1. The molecule has 3 N–H and O–H groups in total. The third kappa shape index (κ3) is 6.79. The van der Waals surface area contributed by atoms with E-state index in [9.17, 15) is 34.4 Å². The Morgan fingerprint density at radius 1 is 0.976 bits per heavy atom. The smallest absolute Gasteiger partial charge is 0.416 e. The Hall–Kier alpha value is -3.84. The van der Waals surface area contributed by atoms with E-state index >= 15 is 0 Å². The summed E-state index contributed by atoms with van der Waals surface area (Å²) in [7, 11) is -8.45. The second-order valence-electron chi connectivity index (χ2n) is 8.89. The molecule has 0 fully saturated rings. The average molecular weight is 643 g/mol. The van der Waals surface area contributed by atoms with Gasteiger partial charge in [0.25, 0.3) is 10.2 Å². The number of alkyl halides is 3. The molecule has 2 aromatic carbocycles. The van der Waals surface area contributed by atoms with Crippen molar-refractivity contribution in [1.82, 2.24) is 24.9 Å². The van der Waals surface area contributed by atoms with Crippen LogP contribution < -0.4 is 9.86 Å². The lowest BCUT2D eigenvalue weighted by Gasteiger charge is -2.13. The first kappa shape index (κ1) is 29.6. The summed E-state index contributed by atoms with van der Waals surface area (Å²) >= 11 is 0.990. The van der Waals surface area contributed by atoms with Gasteiger partial charge in [-0.05, 0) is 47.5 Å². The molecule has 0 saturated heterocycles. The maximum Gasteiger partial charge on any atom is 0.416 e. The number of pyridine rings is 1. The molecule has 0 saturated carbocycles. The Labute approximate surface area is 239 Å². The maximum atomic E-state index is 13.7. The fourth-order valence-electron chi connectivity index (χ4n) is 3.91. The summed E-state index contributed by atoms with van der Waals surface area (Å²) in [5.41, 5.74) is 0.796. The van der Waals surface area contributed by atoms with Gasteiger partial charge in [-0.2, -0.15) is 30.7 Å². The molecule has 11 nitrogen and oxygen atoms in total. The normalized spacial score (nSPS) is 13.5. The van der Waals surface area contributed by atoms with Crippen molar-refractivity contribution in [2.24, 2.45) is 5.14 Å². The van der Waals surface area contributed by atoms with Crippen molar-refractivity contribution >= 4 is 41.6 Å². The lowest BCUT2D eigenvalue weighted by Crippen LogP contribution is -2.30. The minimum atomic E-state index is -4.60. The Morgan fingerprint density at radius 3 is 2.33 bits per heavy atom. The first-order chi connectivity index (χ1) is 19.7. The summed E-state index contributed by atoms with van der Waals surface area (Å²) in [6, 6.07) is 11.4. The van der Waals surface area contributed by atoms with Gasteiger partial charge in [0, 0.05) is 11.8 Å². The number of hydrogen-bond donors (Lipinski definition) is 2. The molecular weight excluding hydrogens is 624 g/mol. The number of fused-ring (bicyclic) bond motifs is 1. The largest absolute Gasteiger partial charge is 0.422 e. The van der Waals surface area contributed by atoms with Crippen LogP contribution in [-0.4, -0.2) is 37.0 Å². The van der Waals surface area contributed by atoms with Crippen LogP contribution in [0.3, 0.4) is 0 Å². The third-order valence-corrected chi connectivity index (χ3v) is 9.49. The molecule has 220 valence electrons. The van der Waals surface area contributed by atoms with Crippen LogP contribution in [0.1, 0.15) is 33.2 Å². The summed E-state index contributed by atoms with van der Waals surface area (Å²) < 4.78 is 110. The Balaban J connectivity index is 1.54. The highest BCUT2D eigenvalue weighted by Gasteiger charge is 2.37. The summed E-state index contributed by atoms with van der Waals surface area (Å²) in [4.78, 5) is 8.08. The molecule has 1 atom stereocenters. The van der Waals surface area contributed by atoms with Gasteiger partial charge in [-0.15, -0.1) is 21.5 Å². The van der Waals surface area contributed by atoms with Crippen molar-refractivity contribution in [2.45, 2.75) is 23.7 Å². The highest BCUT2D eigenvalue weighted by Crippen LogP contribution is 2.38. The molecule has 0 bridgehead atoms. The number of rotatable bonds is 9. The predicted molar refractivity (Wildman–Crippen MR) is 143 cm³/mol. The molecule has 0 aliphatic heterocycles. The minimum absolute atomic E-state index is 0.0147. The van der Waals surface area contributed by atoms with E-state index < -0.39 is 61.2 Å². The van der Waals surface area contributed by atoms with Crippen molar-refractivity contribution in [3.8, 4) is 11.1 Å².